The molecular formula is C8H15NO3. The molecule has 0 bridgehead atoms. The number of hydrogen-bond donors (Lipinski definition) is 2. The highest BCUT2D eigenvalue weighted by Gasteiger charge is 2.24. The molecule has 0 saturated carbocycles. The first-order valence-electron chi connectivity index (χ1n) is 4.27. The number of nitrogens with one attached hydrogen (secondary N) is 1. The lowest BCUT2D eigenvalue weighted by Gasteiger charge is -2.08. The van der Waals surface area contributed by atoms with Crippen LogP contribution in [0.5, 0.6) is 0 Å². The Kier molecular flexibility index (Phi) is 3.34. The Hall–Kier alpha value is -0.770. The van der Waals surface area contributed by atoms with Gasteiger partial charge in [0.25, 0.3) is 0 Å². The predicted molar refractivity (Wildman–Crippen MR) is 44.2 cm³/mol. The number of carboxylic acid groups (broad SMARTS) is 1. The van der Waals surface area contributed by atoms with Crippen molar-refractivity contribution in [1.29, 1.82) is 0 Å². The molecule has 70 valence electrons. The molecule has 0 aliphatic carbocycles. The molecule has 1 aliphatic rings. The maximum atomic E-state index is 10.1. The number of ether oxygens (including phenoxy) is 1. The molecule has 1 heterocycles. The molecule has 4 nitrogen and oxygen atoms in total. The summed E-state index contributed by atoms with van der Waals surface area (Å²) in [5.74, 6) is 0.546. The molecule has 1 rings (SSSR count). The molecule has 1 aliphatic heterocycles. The largest absolute Gasteiger partial charge is 0.465 e. The maximum absolute atomic E-state index is 10.1. The van der Waals surface area contributed by atoms with Crippen molar-refractivity contribution >= 4 is 6.09 Å². The van der Waals surface area contributed by atoms with Crippen LogP contribution in [0.25, 0.3) is 0 Å². The summed E-state index contributed by atoms with van der Waals surface area (Å²) in [7, 11) is 0. The minimum Gasteiger partial charge on any atom is -0.465 e. The lowest BCUT2D eigenvalue weighted by atomic mass is 10.0. The van der Waals surface area contributed by atoms with Crippen LogP contribution in [0.3, 0.4) is 0 Å². The van der Waals surface area contributed by atoms with Crippen LogP contribution in [-0.2, 0) is 4.74 Å². The Morgan fingerprint density at radius 3 is 3.00 bits per heavy atom. The normalized spacial score (nSPS) is 23.2. The lowest BCUT2D eigenvalue weighted by molar-refractivity contribution is 0.193. The highest BCUT2D eigenvalue weighted by molar-refractivity contribution is 5.64. The second-order valence-electron chi connectivity index (χ2n) is 3.32. The van der Waals surface area contributed by atoms with Gasteiger partial charge in [-0.3, -0.25) is 0 Å². The Balaban J connectivity index is 1.93. The average Bonchev–Trinajstić information content (AvgIpc) is 2.70. The summed E-state index contributed by atoms with van der Waals surface area (Å²) in [6, 6.07) is 0. The summed E-state index contributed by atoms with van der Waals surface area (Å²) < 4.78 is 5.07. The highest BCUT2D eigenvalue weighted by Crippen LogP contribution is 2.20. The summed E-state index contributed by atoms with van der Waals surface area (Å²) in [6.07, 6.45) is 1.46. The van der Waals surface area contributed by atoms with Gasteiger partial charge in [-0.25, -0.2) is 4.79 Å². The second-order valence-corrected chi connectivity index (χ2v) is 3.32. The van der Waals surface area contributed by atoms with Gasteiger partial charge in [0.2, 0.25) is 0 Å². The van der Waals surface area contributed by atoms with E-state index in [1.807, 2.05) is 0 Å². The molecule has 1 saturated heterocycles. The van der Waals surface area contributed by atoms with Crippen molar-refractivity contribution in [2.24, 2.45) is 5.92 Å². The molecule has 12 heavy (non-hydrogen) atoms. The topological polar surface area (TPSA) is 61.9 Å². The molecular weight excluding hydrogens is 158 g/mol. The van der Waals surface area contributed by atoms with Gasteiger partial charge >= 0.3 is 6.09 Å². The fourth-order valence-electron chi connectivity index (χ4n) is 1.20. The van der Waals surface area contributed by atoms with Crippen molar-refractivity contribution in [3.8, 4) is 0 Å². The SMILES string of the molecule is C[C@@H](CCNC(=O)O)C[C@@H]1CO1. The van der Waals surface area contributed by atoms with Gasteiger partial charge in [-0.2, -0.15) is 0 Å². The quantitative estimate of drug-likeness (QED) is 0.611. The summed E-state index contributed by atoms with van der Waals surface area (Å²) in [6.45, 7) is 3.55. The zero-order valence-electron chi connectivity index (χ0n) is 7.25. The number of hydrogen-bond acceptors (Lipinski definition) is 2. The predicted octanol–water partition coefficient (Wildman–Crippen LogP) is 1.07. The smallest absolute Gasteiger partial charge is 0.404 e. The van der Waals surface area contributed by atoms with Crippen molar-refractivity contribution in [2.45, 2.75) is 25.9 Å². The van der Waals surface area contributed by atoms with E-state index in [2.05, 4.69) is 12.2 Å². The Morgan fingerprint density at radius 2 is 2.50 bits per heavy atom. The Morgan fingerprint density at radius 1 is 1.83 bits per heavy atom. The van der Waals surface area contributed by atoms with E-state index in [1.165, 1.54) is 0 Å². The van der Waals surface area contributed by atoms with E-state index < -0.39 is 6.09 Å². The molecule has 2 atom stereocenters. The molecule has 1 amide bonds. The minimum atomic E-state index is -0.940. The van der Waals surface area contributed by atoms with Crippen LogP contribution >= 0.6 is 0 Å². The van der Waals surface area contributed by atoms with Crippen molar-refractivity contribution in [1.82, 2.24) is 5.32 Å². The van der Waals surface area contributed by atoms with Gasteiger partial charge in [0.05, 0.1) is 12.7 Å². The van der Waals surface area contributed by atoms with E-state index in [9.17, 15) is 4.79 Å². The maximum Gasteiger partial charge on any atom is 0.404 e. The molecule has 1 fully saturated rings. The van der Waals surface area contributed by atoms with Gasteiger partial charge in [0, 0.05) is 6.54 Å². The third-order valence-electron chi connectivity index (χ3n) is 1.98. The number of rotatable bonds is 5. The van der Waals surface area contributed by atoms with Gasteiger partial charge < -0.3 is 15.2 Å². The fraction of sp³-hybridized carbons (Fsp3) is 0.875. The van der Waals surface area contributed by atoms with Crippen LogP contribution < -0.4 is 5.32 Å². The minimum absolute atomic E-state index is 0.449. The van der Waals surface area contributed by atoms with E-state index in [0.29, 0.717) is 18.6 Å². The molecule has 2 N–H and O–H groups in total. The summed E-state index contributed by atoms with van der Waals surface area (Å²) in [4.78, 5) is 10.1. The monoisotopic (exact) mass is 173 g/mol. The molecule has 0 spiro atoms. The van der Waals surface area contributed by atoms with E-state index in [0.717, 1.165) is 19.4 Å². The third-order valence-corrected chi connectivity index (χ3v) is 1.98. The van der Waals surface area contributed by atoms with E-state index in [4.69, 9.17) is 9.84 Å². The van der Waals surface area contributed by atoms with Gasteiger partial charge in [0.15, 0.2) is 0 Å². The van der Waals surface area contributed by atoms with Gasteiger partial charge in [-0.1, -0.05) is 6.92 Å². The van der Waals surface area contributed by atoms with Crippen LogP contribution in [0.15, 0.2) is 0 Å². The van der Waals surface area contributed by atoms with Crippen LogP contribution in [0.2, 0.25) is 0 Å². The van der Waals surface area contributed by atoms with Crippen LogP contribution in [0.1, 0.15) is 19.8 Å². The first-order valence-corrected chi connectivity index (χ1v) is 4.27. The fourth-order valence-corrected chi connectivity index (χ4v) is 1.20. The van der Waals surface area contributed by atoms with Crippen LogP contribution in [-0.4, -0.2) is 30.5 Å². The average molecular weight is 173 g/mol. The number of carbonyl (C=O) groups is 1. The molecule has 0 aromatic carbocycles. The molecule has 0 unspecified atom stereocenters. The first kappa shape index (κ1) is 9.32. The van der Waals surface area contributed by atoms with Crippen LogP contribution in [0.4, 0.5) is 4.79 Å². The zero-order valence-corrected chi connectivity index (χ0v) is 7.25. The molecule has 0 aromatic rings. The first-order chi connectivity index (χ1) is 5.68. The van der Waals surface area contributed by atoms with Crippen LogP contribution in [0, 0.1) is 5.92 Å². The van der Waals surface area contributed by atoms with Crippen molar-refractivity contribution in [3.63, 3.8) is 0 Å². The van der Waals surface area contributed by atoms with Gasteiger partial charge in [-0.05, 0) is 18.8 Å². The standard InChI is InChI=1S/C8H15NO3/c1-6(4-7-5-12-7)2-3-9-8(10)11/h6-7,9H,2-5H2,1H3,(H,10,11)/t6-,7+/m0/s1. The number of amides is 1. The second kappa shape index (κ2) is 4.30. The molecule has 4 heteroatoms. The van der Waals surface area contributed by atoms with Crippen molar-refractivity contribution in [3.05, 3.63) is 0 Å². The molecule has 0 aromatic heterocycles. The zero-order chi connectivity index (χ0) is 8.97. The Labute approximate surface area is 71.9 Å². The summed E-state index contributed by atoms with van der Waals surface area (Å²) >= 11 is 0. The van der Waals surface area contributed by atoms with Crippen molar-refractivity contribution in [2.75, 3.05) is 13.2 Å². The Bertz CT molecular complexity index is 156. The summed E-state index contributed by atoms with van der Waals surface area (Å²) in [5.41, 5.74) is 0. The van der Waals surface area contributed by atoms with Gasteiger partial charge in [0.1, 0.15) is 0 Å². The lowest BCUT2D eigenvalue weighted by Crippen LogP contribution is -2.23. The van der Waals surface area contributed by atoms with Crippen molar-refractivity contribution < 1.29 is 14.6 Å². The summed E-state index contributed by atoms with van der Waals surface area (Å²) in [5, 5.41) is 10.6. The van der Waals surface area contributed by atoms with E-state index >= 15 is 0 Å². The van der Waals surface area contributed by atoms with E-state index in [1.54, 1.807) is 0 Å². The third kappa shape index (κ3) is 4.18. The molecule has 0 radical (unpaired) electrons. The van der Waals surface area contributed by atoms with Gasteiger partial charge in [-0.15, -0.1) is 0 Å². The highest BCUT2D eigenvalue weighted by atomic mass is 16.6. The number of epoxide rings is 1. The van der Waals surface area contributed by atoms with E-state index in [-0.39, 0.29) is 0 Å².